The van der Waals surface area contributed by atoms with Crippen molar-refractivity contribution in [2.24, 2.45) is 4.99 Å². The first-order chi connectivity index (χ1) is 12.2. The highest BCUT2D eigenvalue weighted by Gasteiger charge is 2.07. The molecule has 25 heavy (non-hydrogen) atoms. The lowest BCUT2D eigenvalue weighted by atomic mass is 10.1. The van der Waals surface area contributed by atoms with E-state index in [9.17, 15) is 9.18 Å². The molecule has 1 amide bonds. The fourth-order valence-electron chi connectivity index (χ4n) is 2.18. The zero-order valence-electron chi connectivity index (χ0n) is 14.2. The third kappa shape index (κ3) is 6.29. The van der Waals surface area contributed by atoms with Crippen LogP contribution in [0.4, 0.5) is 4.39 Å². The van der Waals surface area contributed by atoms with Crippen LogP contribution in [0.3, 0.4) is 0 Å². The number of guanidine groups is 1. The molecule has 0 unspecified atom stereocenters. The fraction of sp³-hybridized carbons (Fsp3) is 0.333. The van der Waals surface area contributed by atoms with E-state index in [1.165, 1.54) is 12.3 Å². The predicted octanol–water partition coefficient (Wildman–Crippen LogP) is 1.95. The van der Waals surface area contributed by atoms with Gasteiger partial charge in [-0.2, -0.15) is 0 Å². The van der Waals surface area contributed by atoms with E-state index >= 15 is 0 Å². The molecular formula is C18H23FN4O2. The maximum Gasteiger partial charge on any atom is 0.287 e. The summed E-state index contributed by atoms with van der Waals surface area (Å²) in [5.41, 5.74) is 0.646. The zero-order chi connectivity index (χ0) is 17.9. The molecular weight excluding hydrogens is 323 g/mol. The van der Waals surface area contributed by atoms with Crippen molar-refractivity contribution in [1.29, 1.82) is 0 Å². The first kappa shape index (κ1) is 18.5. The second-order valence-electron chi connectivity index (χ2n) is 5.26. The van der Waals surface area contributed by atoms with Crippen LogP contribution >= 0.6 is 0 Å². The van der Waals surface area contributed by atoms with Gasteiger partial charge in [0.2, 0.25) is 0 Å². The minimum atomic E-state index is -0.256. The number of amides is 1. The molecule has 0 aliphatic carbocycles. The van der Waals surface area contributed by atoms with Gasteiger partial charge in [-0.15, -0.1) is 0 Å². The molecule has 0 bridgehead atoms. The van der Waals surface area contributed by atoms with Gasteiger partial charge in [0.15, 0.2) is 11.7 Å². The number of nitrogens with one attached hydrogen (secondary N) is 3. The van der Waals surface area contributed by atoms with Crippen LogP contribution in [0.25, 0.3) is 0 Å². The summed E-state index contributed by atoms with van der Waals surface area (Å²) in [5, 5.41) is 8.98. The summed E-state index contributed by atoms with van der Waals surface area (Å²) >= 11 is 0. The Kier molecular flexibility index (Phi) is 7.49. The molecule has 0 saturated heterocycles. The lowest BCUT2D eigenvalue weighted by Gasteiger charge is -2.11. The van der Waals surface area contributed by atoms with E-state index in [0.717, 1.165) is 0 Å². The monoisotopic (exact) mass is 346 g/mol. The second-order valence-corrected chi connectivity index (χ2v) is 5.26. The molecule has 1 aromatic carbocycles. The van der Waals surface area contributed by atoms with Gasteiger partial charge in [-0.1, -0.05) is 18.2 Å². The summed E-state index contributed by atoms with van der Waals surface area (Å²) in [6, 6.07) is 9.97. The Morgan fingerprint density at radius 3 is 2.64 bits per heavy atom. The lowest BCUT2D eigenvalue weighted by molar-refractivity contribution is 0.0926. The van der Waals surface area contributed by atoms with Crippen molar-refractivity contribution < 1.29 is 13.6 Å². The molecule has 1 aromatic heterocycles. The number of carbonyl (C=O) groups is 1. The molecule has 1 heterocycles. The SMILES string of the molecule is CCNC(=NCCc1ccccc1F)NCCNC(=O)c1ccco1. The number of furan rings is 1. The number of hydrogen-bond donors (Lipinski definition) is 3. The maximum absolute atomic E-state index is 13.6. The largest absolute Gasteiger partial charge is 0.459 e. The van der Waals surface area contributed by atoms with Crippen molar-refractivity contribution >= 4 is 11.9 Å². The average Bonchev–Trinajstić information content (AvgIpc) is 3.15. The van der Waals surface area contributed by atoms with Gasteiger partial charge in [-0.25, -0.2) is 4.39 Å². The van der Waals surface area contributed by atoms with E-state index in [2.05, 4.69) is 20.9 Å². The normalized spacial score (nSPS) is 11.2. The molecule has 0 saturated carbocycles. The number of rotatable bonds is 8. The Morgan fingerprint density at radius 2 is 1.92 bits per heavy atom. The molecule has 0 aliphatic rings. The quantitative estimate of drug-likeness (QED) is 0.388. The van der Waals surface area contributed by atoms with Crippen LogP contribution < -0.4 is 16.0 Å². The number of hydrogen-bond acceptors (Lipinski definition) is 3. The first-order valence-electron chi connectivity index (χ1n) is 8.28. The maximum atomic E-state index is 13.6. The van der Waals surface area contributed by atoms with Crippen LogP contribution in [-0.2, 0) is 6.42 Å². The summed E-state index contributed by atoms with van der Waals surface area (Å²) in [6.45, 7) is 4.08. The Morgan fingerprint density at radius 1 is 1.12 bits per heavy atom. The number of aliphatic imine (C=N–C) groups is 1. The highest BCUT2D eigenvalue weighted by molar-refractivity contribution is 5.91. The average molecular weight is 346 g/mol. The summed E-state index contributed by atoms with van der Waals surface area (Å²) in [5.74, 6) is 0.445. The highest BCUT2D eigenvalue weighted by atomic mass is 19.1. The Labute approximate surface area is 146 Å². The van der Waals surface area contributed by atoms with E-state index in [0.29, 0.717) is 44.1 Å². The van der Waals surface area contributed by atoms with Crippen LogP contribution in [0, 0.1) is 5.82 Å². The molecule has 0 spiro atoms. The van der Waals surface area contributed by atoms with Gasteiger partial charge in [0.25, 0.3) is 5.91 Å². The third-order valence-electron chi connectivity index (χ3n) is 3.40. The topological polar surface area (TPSA) is 78.7 Å². The molecule has 0 atom stereocenters. The fourth-order valence-corrected chi connectivity index (χ4v) is 2.18. The highest BCUT2D eigenvalue weighted by Crippen LogP contribution is 2.06. The third-order valence-corrected chi connectivity index (χ3v) is 3.40. The molecule has 3 N–H and O–H groups in total. The molecule has 6 nitrogen and oxygen atoms in total. The number of carbonyl (C=O) groups excluding carboxylic acids is 1. The molecule has 134 valence electrons. The van der Waals surface area contributed by atoms with Gasteiger partial charge in [-0.05, 0) is 37.1 Å². The smallest absolute Gasteiger partial charge is 0.287 e. The van der Waals surface area contributed by atoms with Crippen LogP contribution in [0.15, 0.2) is 52.1 Å². The molecule has 7 heteroatoms. The van der Waals surface area contributed by atoms with Gasteiger partial charge in [0.1, 0.15) is 5.82 Å². The van der Waals surface area contributed by atoms with Crippen molar-refractivity contribution in [2.45, 2.75) is 13.3 Å². The lowest BCUT2D eigenvalue weighted by Crippen LogP contribution is -2.41. The van der Waals surface area contributed by atoms with E-state index in [4.69, 9.17) is 4.42 Å². The van der Waals surface area contributed by atoms with Crippen molar-refractivity contribution in [3.8, 4) is 0 Å². The standard InChI is InChI=1S/C18H23FN4O2/c1-2-20-18(22-10-9-14-6-3-4-7-15(14)19)23-12-11-21-17(24)16-8-5-13-25-16/h3-8,13H,2,9-12H2,1H3,(H,21,24)(H2,20,22,23). The first-order valence-corrected chi connectivity index (χ1v) is 8.28. The van der Waals surface area contributed by atoms with Crippen LogP contribution in [0.5, 0.6) is 0 Å². The van der Waals surface area contributed by atoms with Gasteiger partial charge < -0.3 is 20.4 Å². The Bertz CT molecular complexity index is 686. The van der Waals surface area contributed by atoms with Gasteiger partial charge in [-0.3, -0.25) is 9.79 Å². The summed E-state index contributed by atoms with van der Waals surface area (Å²) in [6.07, 6.45) is 1.98. The van der Waals surface area contributed by atoms with Crippen LogP contribution in [0.2, 0.25) is 0 Å². The van der Waals surface area contributed by atoms with Gasteiger partial charge in [0.05, 0.1) is 6.26 Å². The Hall–Kier alpha value is -2.83. The summed E-state index contributed by atoms with van der Waals surface area (Å²) < 4.78 is 18.6. The summed E-state index contributed by atoms with van der Waals surface area (Å²) in [4.78, 5) is 16.1. The van der Waals surface area contributed by atoms with Crippen molar-refractivity contribution in [2.75, 3.05) is 26.2 Å². The molecule has 0 fully saturated rings. The van der Waals surface area contributed by atoms with E-state index in [1.807, 2.05) is 13.0 Å². The number of halogens is 1. The van der Waals surface area contributed by atoms with Gasteiger partial charge >= 0.3 is 0 Å². The van der Waals surface area contributed by atoms with E-state index in [1.54, 1.807) is 24.3 Å². The van der Waals surface area contributed by atoms with Crippen molar-refractivity contribution in [3.05, 3.63) is 59.8 Å². The zero-order valence-corrected chi connectivity index (χ0v) is 14.2. The van der Waals surface area contributed by atoms with Gasteiger partial charge in [0, 0.05) is 26.2 Å². The van der Waals surface area contributed by atoms with Crippen LogP contribution in [-0.4, -0.2) is 38.0 Å². The molecule has 0 aliphatic heterocycles. The molecule has 2 aromatic rings. The Balaban J connectivity index is 1.74. The minimum Gasteiger partial charge on any atom is -0.459 e. The minimum absolute atomic E-state index is 0.212. The van der Waals surface area contributed by atoms with E-state index < -0.39 is 0 Å². The number of nitrogens with zero attached hydrogens (tertiary/aromatic N) is 1. The van der Waals surface area contributed by atoms with Crippen molar-refractivity contribution in [1.82, 2.24) is 16.0 Å². The summed E-state index contributed by atoms with van der Waals surface area (Å²) in [7, 11) is 0. The number of benzene rings is 1. The van der Waals surface area contributed by atoms with Crippen molar-refractivity contribution in [3.63, 3.8) is 0 Å². The molecule has 0 radical (unpaired) electrons. The molecule has 2 rings (SSSR count). The van der Waals surface area contributed by atoms with Crippen LogP contribution in [0.1, 0.15) is 23.0 Å². The van der Waals surface area contributed by atoms with E-state index in [-0.39, 0.29) is 17.5 Å². The second kappa shape index (κ2) is 10.1. The predicted molar refractivity (Wildman–Crippen MR) is 95.1 cm³/mol.